The van der Waals surface area contributed by atoms with Crippen LogP contribution in [0.25, 0.3) is 0 Å². The van der Waals surface area contributed by atoms with Crippen molar-refractivity contribution in [3.63, 3.8) is 0 Å². The minimum Gasteiger partial charge on any atom is -0.457 e. The van der Waals surface area contributed by atoms with Crippen LogP contribution in [0, 0.1) is 0 Å². The average molecular weight is 307 g/mol. The molecule has 0 N–H and O–H groups in total. The minimum atomic E-state index is -0.295. The molecule has 2 aromatic rings. The molecule has 0 bridgehead atoms. The van der Waals surface area contributed by atoms with Gasteiger partial charge in [0.25, 0.3) is 0 Å². The second-order valence-electron chi connectivity index (χ2n) is 4.28. The van der Waals surface area contributed by atoms with E-state index in [1.54, 1.807) is 17.8 Å². The molecule has 0 heterocycles. The number of rotatable bonds is 5. The lowest BCUT2D eigenvalue weighted by atomic mass is 10.1. The van der Waals surface area contributed by atoms with Crippen molar-refractivity contribution >= 4 is 29.3 Å². The van der Waals surface area contributed by atoms with Crippen LogP contribution < -0.4 is 0 Å². The summed E-state index contributed by atoms with van der Waals surface area (Å²) in [6, 6.07) is 17.4. The maximum absolute atomic E-state index is 11.3. The van der Waals surface area contributed by atoms with E-state index >= 15 is 0 Å². The van der Waals surface area contributed by atoms with Gasteiger partial charge in [-0.1, -0.05) is 41.9 Å². The highest BCUT2D eigenvalue weighted by Crippen LogP contribution is 2.28. The van der Waals surface area contributed by atoms with Gasteiger partial charge >= 0.3 is 5.97 Å². The standard InChI is InChI=1S/C16H15ClO2S/c1-12(18)19-16(13-6-5-7-14(17)10-13)11-20-15-8-3-2-4-9-15/h2-10,16H,11H2,1H3. The Morgan fingerprint density at radius 2 is 1.95 bits per heavy atom. The molecule has 0 aliphatic rings. The smallest absolute Gasteiger partial charge is 0.303 e. The molecule has 20 heavy (non-hydrogen) atoms. The van der Waals surface area contributed by atoms with Gasteiger partial charge in [-0.3, -0.25) is 4.79 Å². The molecule has 0 spiro atoms. The lowest BCUT2D eigenvalue weighted by molar-refractivity contribution is -0.145. The van der Waals surface area contributed by atoms with Gasteiger partial charge in [-0.25, -0.2) is 0 Å². The molecular weight excluding hydrogens is 292 g/mol. The van der Waals surface area contributed by atoms with Crippen LogP contribution in [-0.4, -0.2) is 11.7 Å². The molecule has 0 radical (unpaired) electrons. The number of ether oxygens (including phenoxy) is 1. The number of hydrogen-bond acceptors (Lipinski definition) is 3. The van der Waals surface area contributed by atoms with Gasteiger partial charge in [-0.15, -0.1) is 11.8 Å². The summed E-state index contributed by atoms with van der Waals surface area (Å²) in [6.07, 6.45) is -0.295. The van der Waals surface area contributed by atoms with E-state index in [2.05, 4.69) is 0 Å². The van der Waals surface area contributed by atoms with E-state index in [1.807, 2.05) is 48.5 Å². The van der Waals surface area contributed by atoms with Gasteiger partial charge in [0, 0.05) is 22.6 Å². The maximum atomic E-state index is 11.3. The molecule has 0 amide bonds. The maximum Gasteiger partial charge on any atom is 0.303 e. The molecule has 104 valence electrons. The number of carbonyl (C=O) groups is 1. The number of esters is 1. The van der Waals surface area contributed by atoms with Gasteiger partial charge in [0.05, 0.1) is 0 Å². The van der Waals surface area contributed by atoms with Crippen molar-refractivity contribution in [2.45, 2.75) is 17.9 Å². The van der Waals surface area contributed by atoms with Crippen LogP contribution in [0.4, 0.5) is 0 Å². The highest BCUT2D eigenvalue weighted by Gasteiger charge is 2.15. The number of halogens is 1. The largest absolute Gasteiger partial charge is 0.457 e. The molecule has 2 rings (SSSR count). The third-order valence-corrected chi connectivity index (χ3v) is 3.98. The Bertz CT molecular complexity index is 572. The molecule has 2 nitrogen and oxygen atoms in total. The van der Waals surface area contributed by atoms with E-state index < -0.39 is 0 Å². The molecule has 2 aromatic carbocycles. The fraction of sp³-hybridized carbons (Fsp3) is 0.188. The molecule has 0 saturated carbocycles. The van der Waals surface area contributed by atoms with E-state index in [4.69, 9.17) is 16.3 Å². The van der Waals surface area contributed by atoms with Crippen LogP contribution in [0.1, 0.15) is 18.6 Å². The number of carbonyl (C=O) groups excluding carboxylic acids is 1. The Morgan fingerprint density at radius 3 is 2.60 bits per heavy atom. The molecule has 0 aliphatic carbocycles. The SMILES string of the molecule is CC(=O)OC(CSc1ccccc1)c1cccc(Cl)c1. The van der Waals surface area contributed by atoms with Gasteiger partial charge in [-0.2, -0.15) is 0 Å². The summed E-state index contributed by atoms with van der Waals surface area (Å²) in [5.41, 5.74) is 0.913. The van der Waals surface area contributed by atoms with Crippen molar-refractivity contribution in [2.24, 2.45) is 0 Å². The van der Waals surface area contributed by atoms with Crippen LogP contribution in [0.15, 0.2) is 59.5 Å². The summed E-state index contributed by atoms with van der Waals surface area (Å²) < 4.78 is 5.39. The summed E-state index contributed by atoms with van der Waals surface area (Å²) in [5.74, 6) is 0.368. The monoisotopic (exact) mass is 306 g/mol. The minimum absolute atomic E-state index is 0.288. The van der Waals surface area contributed by atoms with Gasteiger partial charge in [-0.05, 0) is 29.8 Å². The first-order chi connectivity index (χ1) is 9.65. The third-order valence-electron chi connectivity index (χ3n) is 2.67. The predicted molar refractivity (Wildman–Crippen MR) is 83.1 cm³/mol. The van der Waals surface area contributed by atoms with Crippen molar-refractivity contribution in [2.75, 3.05) is 5.75 Å². The molecular formula is C16H15ClO2S. The van der Waals surface area contributed by atoms with Crippen molar-refractivity contribution in [1.82, 2.24) is 0 Å². The first kappa shape index (κ1) is 14.9. The molecule has 0 fully saturated rings. The lowest BCUT2D eigenvalue weighted by Crippen LogP contribution is -2.11. The first-order valence-electron chi connectivity index (χ1n) is 6.25. The van der Waals surface area contributed by atoms with E-state index in [-0.39, 0.29) is 12.1 Å². The Hall–Kier alpha value is -1.45. The van der Waals surface area contributed by atoms with Crippen LogP contribution in [0.2, 0.25) is 5.02 Å². The predicted octanol–water partition coefficient (Wildman–Crippen LogP) is 4.74. The zero-order valence-electron chi connectivity index (χ0n) is 11.1. The lowest BCUT2D eigenvalue weighted by Gasteiger charge is -2.17. The van der Waals surface area contributed by atoms with E-state index in [9.17, 15) is 4.79 Å². The van der Waals surface area contributed by atoms with Crippen molar-refractivity contribution < 1.29 is 9.53 Å². The quantitative estimate of drug-likeness (QED) is 0.590. The summed E-state index contributed by atoms with van der Waals surface area (Å²) in [4.78, 5) is 12.4. The fourth-order valence-corrected chi connectivity index (χ4v) is 2.95. The zero-order chi connectivity index (χ0) is 14.4. The second kappa shape index (κ2) is 7.36. The summed E-state index contributed by atoms with van der Waals surface area (Å²) in [6.45, 7) is 1.42. The van der Waals surface area contributed by atoms with Gasteiger partial charge in [0.1, 0.15) is 6.10 Å². The molecule has 0 aromatic heterocycles. The topological polar surface area (TPSA) is 26.3 Å². The average Bonchev–Trinajstić information content (AvgIpc) is 2.44. The normalized spacial score (nSPS) is 11.9. The number of hydrogen-bond donors (Lipinski definition) is 0. The highest BCUT2D eigenvalue weighted by atomic mass is 35.5. The molecule has 1 unspecified atom stereocenters. The Kier molecular flexibility index (Phi) is 5.50. The van der Waals surface area contributed by atoms with E-state index in [0.717, 1.165) is 10.5 Å². The summed E-state index contributed by atoms with van der Waals surface area (Å²) in [7, 11) is 0. The van der Waals surface area contributed by atoms with Crippen molar-refractivity contribution in [1.29, 1.82) is 0 Å². The fourth-order valence-electron chi connectivity index (χ4n) is 1.79. The molecule has 0 aliphatic heterocycles. The Morgan fingerprint density at radius 1 is 1.20 bits per heavy atom. The van der Waals surface area contributed by atoms with Gasteiger partial charge in [0.15, 0.2) is 0 Å². The highest BCUT2D eigenvalue weighted by molar-refractivity contribution is 7.99. The van der Waals surface area contributed by atoms with Crippen LogP contribution in [0.3, 0.4) is 0 Å². The van der Waals surface area contributed by atoms with Crippen LogP contribution in [0.5, 0.6) is 0 Å². The third kappa shape index (κ3) is 4.58. The van der Waals surface area contributed by atoms with Gasteiger partial charge in [0.2, 0.25) is 0 Å². The van der Waals surface area contributed by atoms with E-state index in [0.29, 0.717) is 10.8 Å². The van der Waals surface area contributed by atoms with E-state index in [1.165, 1.54) is 6.92 Å². The molecule has 0 saturated heterocycles. The second-order valence-corrected chi connectivity index (χ2v) is 5.81. The van der Waals surface area contributed by atoms with Gasteiger partial charge < -0.3 is 4.74 Å². The summed E-state index contributed by atoms with van der Waals surface area (Å²) >= 11 is 7.65. The number of thioether (sulfide) groups is 1. The number of benzene rings is 2. The van der Waals surface area contributed by atoms with Crippen molar-refractivity contribution in [3.8, 4) is 0 Å². The zero-order valence-corrected chi connectivity index (χ0v) is 12.7. The Balaban J connectivity index is 2.09. The Labute approximate surface area is 128 Å². The van der Waals surface area contributed by atoms with Crippen LogP contribution >= 0.6 is 23.4 Å². The first-order valence-corrected chi connectivity index (χ1v) is 7.62. The van der Waals surface area contributed by atoms with Crippen LogP contribution in [-0.2, 0) is 9.53 Å². The molecule has 4 heteroatoms. The molecule has 1 atom stereocenters. The summed E-state index contributed by atoms with van der Waals surface area (Å²) in [5, 5.41) is 0.643. The van der Waals surface area contributed by atoms with Crippen molar-refractivity contribution in [3.05, 3.63) is 65.2 Å².